The molecule has 1 aromatic rings. The molecular formula is C14H21Cl2N3. The number of halogens is 2. The van der Waals surface area contributed by atoms with Crippen LogP contribution in [0.2, 0.25) is 10.0 Å². The Hall–Kier alpha value is -0.320. The van der Waals surface area contributed by atoms with Crippen molar-refractivity contribution in [3.63, 3.8) is 0 Å². The van der Waals surface area contributed by atoms with Gasteiger partial charge in [-0.3, -0.25) is 4.90 Å². The molecule has 0 aromatic heterocycles. The lowest BCUT2D eigenvalue weighted by atomic mass is 10.0. The third kappa shape index (κ3) is 3.41. The Morgan fingerprint density at radius 2 is 1.89 bits per heavy atom. The van der Waals surface area contributed by atoms with E-state index < -0.39 is 0 Å². The van der Waals surface area contributed by atoms with Gasteiger partial charge in [0.15, 0.2) is 0 Å². The minimum atomic E-state index is 0.158. The van der Waals surface area contributed by atoms with Crippen molar-refractivity contribution in [2.45, 2.75) is 13.0 Å². The molecular weight excluding hydrogens is 281 g/mol. The van der Waals surface area contributed by atoms with Crippen molar-refractivity contribution in [1.29, 1.82) is 0 Å². The first-order valence-corrected chi connectivity index (χ1v) is 7.53. The van der Waals surface area contributed by atoms with Crippen LogP contribution in [0.1, 0.15) is 18.5 Å². The van der Waals surface area contributed by atoms with E-state index in [9.17, 15) is 0 Å². The van der Waals surface area contributed by atoms with Crippen LogP contribution in [0.3, 0.4) is 0 Å². The molecule has 1 atom stereocenters. The Morgan fingerprint density at radius 1 is 1.21 bits per heavy atom. The van der Waals surface area contributed by atoms with E-state index in [1.54, 1.807) is 0 Å². The zero-order chi connectivity index (χ0) is 13.8. The van der Waals surface area contributed by atoms with Crippen molar-refractivity contribution >= 4 is 23.2 Å². The molecule has 1 unspecified atom stereocenters. The van der Waals surface area contributed by atoms with Crippen LogP contribution >= 0.6 is 23.2 Å². The molecule has 0 amide bonds. The number of nitrogens with two attached hydrogens (primary N) is 1. The molecule has 19 heavy (non-hydrogen) atoms. The highest BCUT2D eigenvalue weighted by atomic mass is 35.5. The lowest BCUT2D eigenvalue weighted by Crippen LogP contribution is -2.48. The van der Waals surface area contributed by atoms with Crippen molar-refractivity contribution < 1.29 is 0 Å². The second kappa shape index (κ2) is 6.91. The molecule has 1 saturated heterocycles. The fourth-order valence-corrected chi connectivity index (χ4v) is 3.08. The maximum atomic E-state index is 6.32. The van der Waals surface area contributed by atoms with Crippen LogP contribution in [0.4, 0.5) is 0 Å². The average Bonchev–Trinajstić information content (AvgIpc) is 2.45. The zero-order valence-corrected chi connectivity index (χ0v) is 12.8. The number of benzene rings is 1. The predicted octanol–water partition coefficient (Wildman–Crippen LogP) is 2.63. The van der Waals surface area contributed by atoms with E-state index in [4.69, 9.17) is 28.9 Å². The van der Waals surface area contributed by atoms with Gasteiger partial charge in [0.25, 0.3) is 0 Å². The van der Waals surface area contributed by atoms with Gasteiger partial charge in [-0.1, -0.05) is 42.3 Å². The number of nitrogens with zero attached hydrogens (tertiary/aromatic N) is 2. The molecule has 0 saturated carbocycles. The average molecular weight is 302 g/mol. The minimum Gasteiger partial charge on any atom is -0.329 e. The maximum absolute atomic E-state index is 6.32. The van der Waals surface area contributed by atoms with Crippen LogP contribution in [-0.2, 0) is 0 Å². The molecule has 0 aliphatic carbocycles. The molecule has 5 heteroatoms. The summed E-state index contributed by atoms with van der Waals surface area (Å²) in [5, 5.41) is 1.24. The third-order valence-corrected chi connectivity index (χ3v) is 4.69. The highest BCUT2D eigenvalue weighted by Crippen LogP contribution is 2.32. The second-order valence-electron chi connectivity index (χ2n) is 4.86. The number of hydrogen-bond acceptors (Lipinski definition) is 3. The van der Waals surface area contributed by atoms with Gasteiger partial charge in [0.2, 0.25) is 0 Å². The topological polar surface area (TPSA) is 32.5 Å². The molecule has 106 valence electrons. The summed E-state index contributed by atoms with van der Waals surface area (Å²) in [5.41, 5.74) is 7.01. The number of likely N-dealkylation sites (N-methyl/N-ethyl adjacent to an activating group) is 1. The monoisotopic (exact) mass is 301 g/mol. The van der Waals surface area contributed by atoms with Crippen LogP contribution in [0, 0.1) is 0 Å². The summed E-state index contributed by atoms with van der Waals surface area (Å²) in [6.45, 7) is 8.10. The number of piperazine rings is 1. The summed E-state index contributed by atoms with van der Waals surface area (Å²) >= 11 is 12.4. The summed E-state index contributed by atoms with van der Waals surface area (Å²) in [6.07, 6.45) is 0. The molecule has 1 aromatic carbocycles. The van der Waals surface area contributed by atoms with E-state index in [1.807, 2.05) is 18.2 Å². The molecule has 1 fully saturated rings. The van der Waals surface area contributed by atoms with E-state index in [1.165, 1.54) is 0 Å². The number of rotatable bonds is 4. The van der Waals surface area contributed by atoms with Crippen molar-refractivity contribution in [2.75, 3.05) is 39.3 Å². The van der Waals surface area contributed by atoms with Crippen LogP contribution in [0.5, 0.6) is 0 Å². The zero-order valence-electron chi connectivity index (χ0n) is 11.3. The lowest BCUT2D eigenvalue weighted by Gasteiger charge is -2.39. The van der Waals surface area contributed by atoms with Crippen LogP contribution in [0.25, 0.3) is 0 Å². The van der Waals surface area contributed by atoms with Gasteiger partial charge in [-0.15, -0.1) is 0 Å². The Labute approximate surface area is 125 Å². The van der Waals surface area contributed by atoms with Gasteiger partial charge < -0.3 is 10.6 Å². The summed E-state index contributed by atoms with van der Waals surface area (Å²) in [4.78, 5) is 4.85. The maximum Gasteiger partial charge on any atom is 0.0640 e. The Bertz CT molecular complexity index is 417. The minimum absolute atomic E-state index is 0.158. The summed E-state index contributed by atoms with van der Waals surface area (Å²) in [7, 11) is 0. The first-order valence-electron chi connectivity index (χ1n) is 6.77. The molecule has 0 radical (unpaired) electrons. The largest absolute Gasteiger partial charge is 0.329 e. The van der Waals surface area contributed by atoms with Gasteiger partial charge in [-0.2, -0.15) is 0 Å². The summed E-state index contributed by atoms with van der Waals surface area (Å²) in [5.74, 6) is 0. The molecule has 1 aliphatic rings. The molecule has 2 rings (SSSR count). The molecule has 2 N–H and O–H groups in total. The fourth-order valence-electron chi connectivity index (χ4n) is 2.64. The molecule has 1 heterocycles. The van der Waals surface area contributed by atoms with E-state index in [-0.39, 0.29) is 6.04 Å². The summed E-state index contributed by atoms with van der Waals surface area (Å²) < 4.78 is 0. The third-order valence-electron chi connectivity index (χ3n) is 3.86. The van der Waals surface area contributed by atoms with E-state index >= 15 is 0 Å². The van der Waals surface area contributed by atoms with Crippen LogP contribution < -0.4 is 5.73 Å². The highest BCUT2D eigenvalue weighted by Gasteiger charge is 2.25. The van der Waals surface area contributed by atoms with Gasteiger partial charge in [-0.05, 0) is 18.2 Å². The molecule has 3 nitrogen and oxygen atoms in total. The number of hydrogen-bond donors (Lipinski definition) is 1. The molecule has 0 spiro atoms. The predicted molar refractivity (Wildman–Crippen MR) is 81.9 cm³/mol. The van der Waals surface area contributed by atoms with Gasteiger partial charge >= 0.3 is 0 Å². The fraction of sp³-hybridized carbons (Fsp3) is 0.571. The Kier molecular flexibility index (Phi) is 5.48. The Morgan fingerprint density at radius 3 is 2.47 bits per heavy atom. The standard InChI is InChI=1S/C14H21Cl2N3/c1-2-18-6-8-19(9-7-18)13(10-17)11-4-3-5-12(15)14(11)16/h3-5,13H,2,6-10,17H2,1H3. The van der Waals surface area contributed by atoms with E-state index in [0.29, 0.717) is 16.6 Å². The van der Waals surface area contributed by atoms with E-state index in [2.05, 4.69) is 16.7 Å². The SMILES string of the molecule is CCN1CCN(C(CN)c2cccc(Cl)c2Cl)CC1. The first-order chi connectivity index (χ1) is 9.17. The van der Waals surface area contributed by atoms with E-state index in [0.717, 1.165) is 38.3 Å². The smallest absolute Gasteiger partial charge is 0.0640 e. The molecule has 0 bridgehead atoms. The highest BCUT2D eigenvalue weighted by molar-refractivity contribution is 6.42. The first kappa shape index (κ1) is 15.1. The summed E-state index contributed by atoms with van der Waals surface area (Å²) in [6, 6.07) is 5.94. The Balaban J connectivity index is 2.14. The van der Waals surface area contributed by atoms with Gasteiger partial charge in [0.05, 0.1) is 10.0 Å². The van der Waals surface area contributed by atoms with Crippen LogP contribution in [-0.4, -0.2) is 49.1 Å². The molecule has 1 aliphatic heterocycles. The van der Waals surface area contributed by atoms with Gasteiger partial charge in [-0.25, -0.2) is 0 Å². The lowest BCUT2D eigenvalue weighted by molar-refractivity contribution is 0.102. The van der Waals surface area contributed by atoms with Crippen molar-refractivity contribution in [3.05, 3.63) is 33.8 Å². The van der Waals surface area contributed by atoms with Crippen molar-refractivity contribution in [2.24, 2.45) is 5.73 Å². The van der Waals surface area contributed by atoms with Crippen molar-refractivity contribution in [1.82, 2.24) is 9.80 Å². The second-order valence-corrected chi connectivity index (χ2v) is 5.65. The van der Waals surface area contributed by atoms with Gasteiger partial charge in [0.1, 0.15) is 0 Å². The quantitative estimate of drug-likeness (QED) is 0.928. The van der Waals surface area contributed by atoms with Gasteiger partial charge in [0, 0.05) is 38.8 Å². The van der Waals surface area contributed by atoms with Crippen molar-refractivity contribution in [3.8, 4) is 0 Å². The van der Waals surface area contributed by atoms with Crippen LogP contribution in [0.15, 0.2) is 18.2 Å². The normalized spacial score (nSPS) is 19.6.